The fourth-order valence-corrected chi connectivity index (χ4v) is 3.40. The van der Waals surface area contributed by atoms with Crippen LogP contribution in [0.25, 0.3) is 0 Å². The van der Waals surface area contributed by atoms with Gasteiger partial charge in [-0.2, -0.15) is 5.26 Å². The van der Waals surface area contributed by atoms with Crippen molar-refractivity contribution in [2.75, 3.05) is 7.11 Å². The van der Waals surface area contributed by atoms with Crippen molar-refractivity contribution in [1.29, 1.82) is 5.26 Å². The lowest BCUT2D eigenvalue weighted by molar-refractivity contribution is 0.0945. The second-order valence-corrected chi connectivity index (χ2v) is 7.02. The van der Waals surface area contributed by atoms with Gasteiger partial charge in [0.15, 0.2) is 5.76 Å². The van der Waals surface area contributed by atoms with Crippen LogP contribution in [-0.4, -0.2) is 21.4 Å². The van der Waals surface area contributed by atoms with E-state index in [9.17, 15) is 13.2 Å². The third-order valence-corrected chi connectivity index (χ3v) is 4.48. The molecule has 0 atom stereocenters. The molecule has 0 saturated heterocycles. The number of hydrogen-bond donors (Lipinski definition) is 1. The first-order chi connectivity index (χ1) is 10.9. The van der Waals surface area contributed by atoms with E-state index in [1.54, 1.807) is 0 Å². The Balaban J connectivity index is 2.25. The molecule has 0 aliphatic heterocycles. The Labute approximate surface area is 141 Å². The van der Waals surface area contributed by atoms with Crippen LogP contribution in [0.1, 0.15) is 21.9 Å². The van der Waals surface area contributed by atoms with Crippen LogP contribution in [0, 0.1) is 11.3 Å². The van der Waals surface area contributed by atoms with Crippen molar-refractivity contribution in [3.8, 4) is 6.07 Å². The van der Waals surface area contributed by atoms with Crippen LogP contribution in [0.4, 0.5) is 0 Å². The van der Waals surface area contributed by atoms with Gasteiger partial charge in [0, 0.05) is 11.6 Å². The molecule has 2 aromatic rings. The maximum Gasteiger partial charge on any atom is 0.300 e. The van der Waals surface area contributed by atoms with Gasteiger partial charge in [-0.1, -0.05) is 15.9 Å². The number of amides is 1. The molecular weight excluding hydrogens is 388 g/mol. The standard InChI is InChI=1S/C14H11BrN2O5S/c1-21-8-11-2-3-13(22-11)14(18)17-23(19,20)12-5-9(7-16)4-10(15)6-12/h2-6H,8H2,1H3,(H,17,18). The molecule has 1 aromatic carbocycles. The monoisotopic (exact) mass is 398 g/mol. The van der Waals surface area contributed by atoms with E-state index in [1.165, 1.54) is 37.4 Å². The van der Waals surface area contributed by atoms with E-state index in [0.29, 0.717) is 10.2 Å². The van der Waals surface area contributed by atoms with Crippen molar-refractivity contribution in [3.05, 3.63) is 51.9 Å². The van der Waals surface area contributed by atoms with Crippen LogP contribution in [0.2, 0.25) is 0 Å². The molecule has 0 saturated carbocycles. The molecule has 0 aliphatic rings. The summed E-state index contributed by atoms with van der Waals surface area (Å²) in [6.45, 7) is 0.164. The van der Waals surface area contributed by atoms with Gasteiger partial charge in [0.25, 0.3) is 10.0 Å². The Hall–Kier alpha value is -2.15. The first kappa shape index (κ1) is 17.2. The third-order valence-electron chi connectivity index (χ3n) is 2.71. The summed E-state index contributed by atoms with van der Waals surface area (Å²) < 4.78 is 36.8. The predicted octanol–water partition coefficient (Wildman–Crippen LogP) is 2.18. The molecule has 1 heterocycles. The summed E-state index contributed by atoms with van der Waals surface area (Å²) in [5.74, 6) is -0.675. The lowest BCUT2D eigenvalue weighted by Gasteiger charge is -2.06. The summed E-state index contributed by atoms with van der Waals surface area (Å²) in [7, 11) is -2.67. The second-order valence-electron chi connectivity index (χ2n) is 4.42. The van der Waals surface area contributed by atoms with E-state index in [1.807, 2.05) is 10.8 Å². The maximum absolute atomic E-state index is 12.2. The molecule has 2 rings (SSSR count). The molecule has 1 aromatic heterocycles. The Kier molecular flexibility index (Phi) is 5.20. The minimum absolute atomic E-state index is 0.146. The predicted molar refractivity (Wildman–Crippen MR) is 82.9 cm³/mol. The number of rotatable bonds is 5. The molecule has 0 radical (unpaired) electrons. The van der Waals surface area contributed by atoms with Crippen molar-refractivity contribution in [1.82, 2.24) is 4.72 Å². The van der Waals surface area contributed by atoms with E-state index < -0.39 is 15.9 Å². The minimum atomic E-state index is -4.14. The van der Waals surface area contributed by atoms with Crippen molar-refractivity contribution in [2.24, 2.45) is 0 Å². The SMILES string of the molecule is COCc1ccc(C(=O)NS(=O)(=O)c2cc(Br)cc(C#N)c2)o1. The maximum atomic E-state index is 12.2. The zero-order chi connectivity index (χ0) is 17.0. The van der Waals surface area contributed by atoms with E-state index in [2.05, 4.69) is 15.9 Å². The average Bonchev–Trinajstić information content (AvgIpc) is 2.95. The van der Waals surface area contributed by atoms with Crippen LogP contribution < -0.4 is 4.72 Å². The highest BCUT2D eigenvalue weighted by atomic mass is 79.9. The number of carbonyl (C=O) groups is 1. The molecule has 9 heteroatoms. The summed E-state index contributed by atoms with van der Waals surface area (Å²) in [4.78, 5) is 11.8. The van der Waals surface area contributed by atoms with Crippen LogP contribution in [0.15, 0.2) is 44.1 Å². The number of ether oxygens (including phenoxy) is 1. The van der Waals surface area contributed by atoms with Gasteiger partial charge >= 0.3 is 5.91 Å². The lowest BCUT2D eigenvalue weighted by Crippen LogP contribution is -2.30. The highest BCUT2D eigenvalue weighted by molar-refractivity contribution is 9.10. The number of hydrogen-bond acceptors (Lipinski definition) is 6. The minimum Gasteiger partial charge on any atom is -0.453 e. The number of methoxy groups -OCH3 is 1. The zero-order valence-electron chi connectivity index (χ0n) is 11.9. The molecular formula is C14H11BrN2O5S. The molecule has 1 N–H and O–H groups in total. The Morgan fingerprint density at radius 2 is 2.13 bits per heavy atom. The van der Waals surface area contributed by atoms with Gasteiger partial charge in [0.2, 0.25) is 0 Å². The normalized spacial score (nSPS) is 11.0. The van der Waals surface area contributed by atoms with E-state index in [4.69, 9.17) is 14.4 Å². The molecule has 0 unspecified atom stereocenters. The fraction of sp³-hybridized carbons (Fsp3) is 0.143. The molecule has 0 spiro atoms. The summed E-state index contributed by atoms with van der Waals surface area (Å²) in [6.07, 6.45) is 0. The number of nitriles is 1. The first-order valence-corrected chi connectivity index (χ1v) is 8.49. The van der Waals surface area contributed by atoms with Crippen molar-refractivity contribution in [3.63, 3.8) is 0 Å². The van der Waals surface area contributed by atoms with Crippen molar-refractivity contribution < 1.29 is 22.4 Å². The van der Waals surface area contributed by atoms with Crippen LogP contribution in [0.3, 0.4) is 0 Å². The number of furan rings is 1. The van der Waals surface area contributed by atoms with E-state index >= 15 is 0 Å². The third kappa shape index (κ3) is 4.19. The first-order valence-electron chi connectivity index (χ1n) is 6.21. The van der Waals surface area contributed by atoms with Crippen LogP contribution in [0.5, 0.6) is 0 Å². The van der Waals surface area contributed by atoms with Gasteiger partial charge in [-0.15, -0.1) is 0 Å². The average molecular weight is 399 g/mol. The molecule has 1 amide bonds. The molecule has 120 valence electrons. The van der Waals surface area contributed by atoms with E-state index in [0.717, 1.165) is 0 Å². The largest absolute Gasteiger partial charge is 0.453 e. The number of sulfonamides is 1. The summed E-state index contributed by atoms with van der Waals surface area (Å²) in [5, 5.41) is 8.89. The lowest BCUT2D eigenvalue weighted by atomic mass is 10.2. The second kappa shape index (κ2) is 6.95. The molecule has 0 bridgehead atoms. The Morgan fingerprint density at radius 1 is 1.39 bits per heavy atom. The van der Waals surface area contributed by atoms with Gasteiger partial charge < -0.3 is 9.15 Å². The number of nitrogens with zero attached hydrogens (tertiary/aromatic N) is 1. The van der Waals surface area contributed by atoms with Crippen molar-refractivity contribution in [2.45, 2.75) is 11.5 Å². The quantitative estimate of drug-likeness (QED) is 0.826. The number of halogens is 1. The van der Waals surface area contributed by atoms with Crippen molar-refractivity contribution >= 4 is 31.9 Å². The smallest absolute Gasteiger partial charge is 0.300 e. The number of nitrogens with one attached hydrogen (secondary N) is 1. The number of benzene rings is 1. The summed E-state index contributed by atoms with van der Waals surface area (Å²) >= 11 is 3.12. The topological polar surface area (TPSA) is 109 Å². The molecule has 0 aliphatic carbocycles. The van der Waals surface area contributed by atoms with Gasteiger partial charge in [-0.3, -0.25) is 4.79 Å². The highest BCUT2D eigenvalue weighted by Crippen LogP contribution is 2.19. The van der Waals surface area contributed by atoms with Gasteiger partial charge in [-0.05, 0) is 30.3 Å². The Morgan fingerprint density at radius 3 is 2.78 bits per heavy atom. The Bertz CT molecular complexity index is 883. The zero-order valence-corrected chi connectivity index (χ0v) is 14.3. The fourth-order valence-electron chi connectivity index (χ4n) is 1.73. The van der Waals surface area contributed by atoms with Gasteiger partial charge in [0.1, 0.15) is 12.4 Å². The van der Waals surface area contributed by atoms with Crippen LogP contribution in [-0.2, 0) is 21.4 Å². The van der Waals surface area contributed by atoms with E-state index in [-0.39, 0.29) is 22.8 Å². The van der Waals surface area contributed by atoms with Crippen LogP contribution >= 0.6 is 15.9 Å². The summed E-state index contributed by atoms with van der Waals surface area (Å²) in [5.41, 5.74) is 0.146. The summed E-state index contributed by atoms with van der Waals surface area (Å²) in [6, 6.07) is 8.62. The van der Waals surface area contributed by atoms with Gasteiger partial charge in [0.05, 0.1) is 16.5 Å². The molecule has 7 nitrogen and oxygen atoms in total. The molecule has 23 heavy (non-hydrogen) atoms. The number of carbonyl (C=O) groups excluding carboxylic acids is 1. The van der Waals surface area contributed by atoms with Gasteiger partial charge in [-0.25, -0.2) is 13.1 Å². The molecule has 0 fully saturated rings. The highest BCUT2D eigenvalue weighted by Gasteiger charge is 2.22.